The predicted molar refractivity (Wildman–Crippen MR) is 96.0 cm³/mol. The summed E-state index contributed by atoms with van der Waals surface area (Å²) in [6, 6.07) is 5.15. The van der Waals surface area contributed by atoms with E-state index < -0.39 is 0 Å². The van der Waals surface area contributed by atoms with Crippen LogP contribution in [0.1, 0.15) is 37.3 Å². The number of rotatable bonds is 9. The molecule has 2 N–H and O–H groups in total. The number of carbonyl (C=O) groups excluding carboxylic acids is 1. The lowest BCUT2D eigenvalue weighted by atomic mass is 10.0. The second kappa shape index (κ2) is 9.22. The zero-order chi connectivity index (χ0) is 18.2. The Hall–Kier alpha value is -2.34. The van der Waals surface area contributed by atoms with Crippen molar-refractivity contribution in [3.63, 3.8) is 0 Å². The van der Waals surface area contributed by atoms with Gasteiger partial charge in [-0.1, -0.05) is 13.3 Å². The summed E-state index contributed by atoms with van der Waals surface area (Å²) in [5.74, 6) is 0.290. The standard InChI is InChI=1S/C19H25NO5/c1-3-4-6-14-11-18(23)25-16-10-13(2)9-15(19(14)16)24-12-17(22)20-7-5-8-21/h9-11,21H,3-8,12H2,1-2H3,(H,20,22). The first-order chi connectivity index (χ1) is 12.0. The summed E-state index contributed by atoms with van der Waals surface area (Å²) in [7, 11) is 0. The van der Waals surface area contributed by atoms with Crippen LogP contribution in [-0.4, -0.2) is 30.8 Å². The molecule has 0 saturated heterocycles. The number of unbranched alkanes of at least 4 members (excludes halogenated alkanes) is 1. The normalized spacial score (nSPS) is 10.8. The average Bonchev–Trinajstić information content (AvgIpc) is 2.57. The van der Waals surface area contributed by atoms with E-state index in [2.05, 4.69) is 12.2 Å². The molecule has 1 amide bonds. The number of aliphatic hydroxyl groups excluding tert-OH is 1. The van der Waals surface area contributed by atoms with Crippen LogP contribution in [0.4, 0.5) is 0 Å². The lowest BCUT2D eigenvalue weighted by Crippen LogP contribution is -2.30. The summed E-state index contributed by atoms with van der Waals surface area (Å²) in [6.07, 6.45) is 3.22. The summed E-state index contributed by atoms with van der Waals surface area (Å²) in [5, 5.41) is 12.2. The largest absolute Gasteiger partial charge is 0.483 e. The van der Waals surface area contributed by atoms with Crippen LogP contribution in [0.2, 0.25) is 0 Å². The molecule has 0 unspecified atom stereocenters. The van der Waals surface area contributed by atoms with Crippen LogP contribution >= 0.6 is 0 Å². The van der Waals surface area contributed by atoms with E-state index in [-0.39, 0.29) is 24.7 Å². The van der Waals surface area contributed by atoms with Crippen molar-refractivity contribution in [3.8, 4) is 5.75 Å². The molecule has 6 nitrogen and oxygen atoms in total. The average molecular weight is 347 g/mol. The lowest BCUT2D eigenvalue weighted by Gasteiger charge is -2.13. The molecular weight excluding hydrogens is 322 g/mol. The molecule has 136 valence electrons. The van der Waals surface area contributed by atoms with E-state index in [1.807, 2.05) is 13.0 Å². The van der Waals surface area contributed by atoms with Crippen LogP contribution in [0.25, 0.3) is 11.0 Å². The highest BCUT2D eigenvalue weighted by Gasteiger charge is 2.13. The van der Waals surface area contributed by atoms with Crippen LogP contribution in [-0.2, 0) is 11.2 Å². The second-order valence-corrected chi connectivity index (χ2v) is 6.05. The predicted octanol–water partition coefficient (Wildman–Crippen LogP) is 2.32. The van der Waals surface area contributed by atoms with Crippen LogP contribution < -0.4 is 15.7 Å². The van der Waals surface area contributed by atoms with Gasteiger partial charge in [0.2, 0.25) is 0 Å². The van der Waals surface area contributed by atoms with Gasteiger partial charge < -0.3 is 19.6 Å². The number of nitrogens with one attached hydrogen (secondary N) is 1. The van der Waals surface area contributed by atoms with Gasteiger partial charge in [-0.3, -0.25) is 4.79 Å². The molecule has 0 bridgehead atoms. The fourth-order valence-corrected chi connectivity index (χ4v) is 2.65. The zero-order valence-corrected chi connectivity index (χ0v) is 14.8. The molecule has 1 aromatic carbocycles. The number of amides is 1. The Labute approximate surface area is 146 Å². The number of benzene rings is 1. The maximum Gasteiger partial charge on any atom is 0.336 e. The van der Waals surface area contributed by atoms with Gasteiger partial charge in [0.05, 0.1) is 5.39 Å². The minimum atomic E-state index is -0.378. The Morgan fingerprint density at radius 3 is 2.80 bits per heavy atom. The minimum absolute atomic E-state index is 0.0312. The van der Waals surface area contributed by atoms with Gasteiger partial charge in [0, 0.05) is 19.2 Å². The van der Waals surface area contributed by atoms with Crippen LogP contribution in [0, 0.1) is 6.92 Å². The summed E-state index contributed by atoms with van der Waals surface area (Å²) in [4.78, 5) is 23.6. The third-order valence-electron chi connectivity index (χ3n) is 3.85. The molecule has 0 saturated carbocycles. The van der Waals surface area contributed by atoms with E-state index in [0.29, 0.717) is 24.3 Å². The smallest absolute Gasteiger partial charge is 0.336 e. The van der Waals surface area contributed by atoms with Gasteiger partial charge in [-0.05, 0) is 49.4 Å². The summed E-state index contributed by atoms with van der Waals surface area (Å²) >= 11 is 0. The molecule has 0 atom stereocenters. The zero-order valence-electron chi connectivity index (χ0n) is 14.8. The maximum atomic E-state index is 11.8. The van der Waals surface area contributed by atoms with Crippen LogP contribution in [0.3, 0.4) is 0 Å². The van der Waals surface area contributed by atoms with Crippen molar-refractivity contribution in [3.05, 3.63) is 39.7 Å². The molecule has 6 heteroatoms. The van der Waals surface area contributed by atoms with Crippen LogP contribution in [0.15, 0.2) is 27.4 Å². The van der Waals surface area contributed by atoms with Crippen molar-refractivity contribution in [2.45, 2.75) is 39.5 Å². The fourth-order valence-electron chi connectivity index (χ4n) is 2.65. The molecule has 1 aromatic heterocycles. The Morgan fingerprint density at radius 1 is 1.28 bits per heavy atom. The van der Waals surface area contributed by atoms with Gasteiger partial charge in [-0.15, -0.1) is 0 Å². The second-order valence-electron chi connectivity index (χ2n) is 6.05. The Kier molecular flexibility index (Phi) is 7.01. The van der Waals surface area contributed by atoms with Gasteiger partial charge in [0.1, 0.15) is 11.3 Å². The number of aryl methyl sites for hydroxylation is 2. The van der Waals surface area contributed by atoms with E-state index in [1.54, 1.807) is 6.07 Å². The van der Waals surface area contributed by atoms with Gasteiger partial charge in [-0.25, -0.2) is 4.79 Å². The lowest BCUT2D eigenvalue weighted by molar-refractivity contribution is -0.123. The SMILES string of the molecule is CCCCc1cc(=O)oc2cc(C)cc(OCC(=O)NCCCO)c12. The number of aliphatic hydroxyl groups is 1. The van der Waals surface area contributed by atoms with Crippen molar-refractivity contribution < 1.29 is 19.1 Å². The first-order valence-electron chi connectivity index (χ1n) is 8.63. The molecule has 25 heavy (non-hydrogen) atoms. The molecule has 0 aliphatic rings. The quantitative estimate of drug-likeness (QED) is 0.537. The highest BCUT2D eigenvalue weighted by molar-refractivity contribution is 5.88. The molecule has 0 fully saturated rings. The third kappa shape index (κ3) is 5.32. The molecule has 2 aromatic rings. The Bertz CT molecular complexity index is 781. The van der Waals surface area contributed by atoms with Gasteiger partial charge in [0.15, 0.2) is 6.61 Å². The number of hydrogen-bond donors (Lipinski definition) is 2. The molecule has 0 spiro atoms. The molecule has 0 aliphatic heterocycles. The molecule has 1 heterocycles. The van der Waals surface area contributed by atoms with Crippen molar-refractivity contribution in [2.24, 2.45) is 0 Å². The third-order valence-corrected chi connectivity index (χ3v) is 3.85. The maximum absolute atomic E-state index is 11.8. The topological polar surface area (TPSA) is 88.8 Å². The Morgan fingerprint density at radius 2 is 2.08 bits per heavy atom. The monoisotopic (exact) mass is 347 g/mol. The van der Waals surface area contributed by atoms with Crippen molar-refractivity contribution in [1.29, 1.82) is 0 Å². The van der Waals surface area contributed by atoms with Crippen molar-refractivity contribution >= 4 is 16.9 Å². The summed E-state index contributed by atoms with van der Waals surface area (Å²) in [5.41, 5.74) is 1.87. The number of fused-ring (bicyclic) bond motifs is 1. The van der Waals surface area contributed by atoms with E-state index in [4.69, 9.17) is 14.3 Å². The van der Waals surface area contributed by atoms with E-state index >= 15 is 0 Å². The first kappa shape index (κ1) is 19.0. The van der Waals surface area contributed by atoms with E-state index in [9.17, 15) is 9.59 Å². The molecule has 0 aliphatic carbocycles. The number of carbonyl (C=O) groups is 1. The first-order valence-corrected chi connectivity index (χ1v) is 8.63. The van der Waals surface area contributed by atoms with Crippen molar-refractivity contribution in [1.82, 2.24) is 5.32 Å². The van der Waals surface area contributed by atoms with E-state index in [0.717, 1.165) is 35.8 Å². The number of ether oxygens (including phenoxy) is 1. The molecule has 0 radical (unpaired) electrons. The Balaban J connectivity index is 2.28. The fraction of sp³-hybridized carbons (Fsp3) is 0.474. The van der Waals surface area contributed by atoms with Gasteiger partial charge in [0.25, 0.3) is 5.91 Å². The minimum Gasteiger partial charge on any atom is -0.483 e. The number of hydrogen-bond acceptors (Lipinski definition) is 5. The molecular formula is C19H25NO5. The molecule has 2 rings (SSSR count). The van der Waals surface area contributed by atoms with E-state index in [1.165, 1.54) is 6.07 Å². The van der Waals surface area contributed by atoms with Crippen molar-refractivity contribution in [2.75, 3.05) is 19.8 Å². The van der Waals surface area contributed by atoms with Gasteiger partial charge in [-0.2, -0.15) is 0 Å². The summed E-state index contributed by atoms with van der Waals surface area (Å²) < 4.78 is 11.0. The highest BCUT2D eigenvalue weighted by atomic mass is 16.5. The highest BCUT2D eigenvalue weighted by Crippen LogP contribution is 2.30. The summed E-state index contributed by atoms with van der Waals surface area (Å²) in [6.45, 7) is 4.28. The van der Waals surface area contributed by atoms with Gasteiger partial charge >= 0.3 is 5.63 Å². The van der Waals surface area contributed by atoms with Crippen LogP contribution in [0.5, 0.6) is 5.75 Å².